The molecule has 2 aromatic rings. The van der Waals surface area contributed by atoms with Crippen molar-refractivity contribution in [3.63, 3.8) is 0 Å². The van der Waals surface area contributed by atoms with Crippen molar-refractivity contribution in [2.24, 2.45) is 0 Å². The highest BCUT2D eigenvalue weighted by atomic mass is 79.9. The summed E-state index contributed by atoms with van der Waals surface area (Å²) in [6.07, 6.45) is 1.33. The lowest BCUT2D eigenvalue weighted by atomic mass is 10.2. The summed E-state index contributed by atoms with van der Waals surface area (Å²) < 4.78 is 0.334. The van der Waals surface area contributed by atoms with Crippen LogP contribution in [0.2, 0.25) is 0 Å². The largest absolute Gasteiger partial charge is 0.327 e. The Kier molecular flexibility index (Phi) is 3.44. The first kappa shape index (κ1) is 12.3. The quantitative estimate of drug-likeness (QED) is 0.923. The molecule has 0 aliphatic heterocycles. The van der Waals surface area contributed by atoms with E-state index in [-0.39, 0.29) is 5.56 Å². The van der Waals surface area contributed by atoms with E-state index in [9.17, 15) is 4.79 Å². The average Bonchev–Trinajstić information content (AvgIpc) is 2.41. The molecular weight excluding hydrogens is 296 g/mol. The number of H-pyrrole nitrogens is 1. The summed E-state index contributed by atoms with van der Waals surface area (Å²) in [6, 6.07) is 9.24. The van der Waals surface area contributed by atoms with Crippen LogP contribution in [0.5, 0.6) is 0 Å². The van der Waals surface area contributed by atoms with Gasteiger partial charge in [-0.2, -0.15) is 5.26 Å². The van der Waals surface area contributed by atoms with Crippen molar-refractivity contribution < 1.29 is 0 Å². The number of aromatic amines is 1. The molecule has 0 radical (unpaired) electrons. The van der Waals surface area contributed by atoms with Crippen molar-refractivity contribution in [1.82, 2.24) is 9.97 Å². The molecule has 1 N–H and O–H groups in total. The second-order valence-electron chi connectivity index (χ2n) is 3.56. The van der Waals surface area contributed by atoms with E-state index in [0.717, 1.165) is 0 Å². The standard InChI is InChI=1S/C12H9BrN4O/c1-17(9-5-3-2-4-8(9)6-14)11-10(13)12(18)16-7-15-11/h2-5,7H,1H3,(H,15,16,18). The summed E-state index contributed by atoms with van der Waals surface area (Å²) in [7, 11) is 1.75. The Balaban J connectivity index is 2.55. The Labute approximate surface area is 112 Å². The fourth-order valence-corrected chi connectivity index (χ4v) is 2.07. The molecule has 0 saturated carbocycles. The molecule has 0 aliphatic carbocycles. The van der Waals surface area contributed by atoms with E-state index in [1.54, 1.807) is 30.1 Å². The minimum Gasteiger partial charge on any atom is -0.327 e. The van der Waals surface area contributed by atoms with Gasteiger partial charge in [0.15, 0.2) is 5.82 Å². The molecule has 1 aromatic carbocycles. The van der Waals surface area contributed by atoms with Gasteiger partial charge in [0.25, 0.3) is 5.56 Å². The van der Waals surface area contributed by atoms with E-state index < -0.39 is 0 Å². The predicted octanol–water partition coefficient (Wildman–Crippen LogP) is 2.17. The fraction of sp³-hybridized carbons (Fsp3) is 0.0833. The monoisotopic (exact) mass is 304 g/mol. The van der Waals surface area contributed by atoms with Gasteiger partial charge in [0.05, 0.1) is 17.6 Å². The van der Waals surface area contributed by atoms with Gasteiger partial charge in [-0.3, -0.25) is 4.79 Å². The van der Waals surface area contributed by atoms with Crippen LogP contribution in [-0.4, -0.2) is 17.0 Å². The van der Waals surface area contributed by atoms with Crippen LogP contribution < -0.4 is 10.5 Å². The summed E-state index contributed by atoms with van der Waals surface area (Å²) >= 11 is 3.19. The smallest absolute Gasteiger partial charge is 0.267 e. The zero-order chi connectivity index (χ0) is 13.1. The molecule has 90 valence electrons. The lowest BCUT2D eigenvalue weighted by Gasteiger charge is -2.19. The maximum Gasteiger partial charge on any atom is 0.267 e. The Morgan fingerprint density at radius 2 is 2.17 bits per heavy atom. The minimum atomic E-state index is -0.263. The molecule has 0 fully saturated rings. The van der Waals surface area contributed by atoms with Crippen LogP contribution >= 0.6 is 15.9 Å². The number of benzene rings is 1. The van der Waals surface area contributed by atoms with E-state index in [4.69, 9.17) is 5.26 Å². The zero-order valence-corrected chi connectivity index (χ0v) is 11.1. The third kappa shape index (κ3) is 2.13. The van der Waals surface area contributed by atoms with Gasteiger partial charge in [0, 0.05) is 7.05 Å². The number of nitriles is 1. The van der Waals surface area contributed by atoms with Crippen LogP contribution in [0.25, 0.3) is 0 Å². The van der Waals surface area contributed by atoms with Gasteiger partial charge in [-0.15, -0.1) is 0 Å². The van der Waals surface area contributed by atoms with Crippen LogP contribution in [0.1, 0.15) is 5.56 Å². The number of anilines is 2. The van der Waals surface area contributed by atoms with E-state index in [1.165, 1.54) is 6.33 Å². The molecule has 0 bridgehead atoms. The third-order valence-corrected chi connectivity index (χ3v) is 3.20. The predicted molar refractivity (Wildman–Crippen MR) is 71.8 cm³/mol. The maximum atomic E-state index is 11.5. The van der Waals surface area contributed by atoms with Crippen LogP contribution in [0.15, 0.2) is 39.9 Å². The molecule has 0 amide bonds. The van der Waals surface area contributed by atoms with E-state index in [1.807, 2.05) is 6.07 Å². The molecule has 1 aromatic heterocycles. The van der Waals surface area contributed by atoms with E-state index in [2.05, 4.69) is 32.0 Å². The molecule has 6 heteroatoms. The second-order valence-corrected chi connectivity index (χ2v) is 4.35. The van der Waals surface area contributed by atoms with Gasteiger partial charge in [-0.05, 0) is 28.1 Å². The van der Waals surface area contributed by atoms with E-state index >= 15 is 0 Å². The highest BCUT2D eigenvalue weighted by Gasteiger charge is 2.14. The SMILES string of the molecule is CN(c1ccccc1C#N)c1nc[nH]c(=O)c1Br. The number of aromatic nitrogens is 2. The zero-order valence-electron chi connectivity index (χ0n) is 9.51. The minimum absolute atomic E-state index is 0.263. The van der Waals surface area contributed by atoms with Gasteiger partial charge < -0.3 is 9.88 Å². The highest BCUT2D eigenvalue weighted by Crippen LogP contribution is 2.28. The third-order valence-electron chi connectivity index (χ3n) is 2.48. The topological polar surface area (TPSA) is 72.8 Å². The van der Waals surface area contributed by atoms with Crippen LogP contribution in [0, 0.1) is 11.3 Å². The normalized spacial score (nSPS) is 9.83. The molecule has 18 heavy (non-hydrogen) atoms. The van der Waals surface area contributed by atoms with Crippen molar-refractivity contribution in [3.05, 3.63) is 51.0 Å². The number of hydrogen-bond acceptors (Lipinski definition) is 4. The van der Waals surface area contributed by atoms with Crippen molar-refractivity contribution in [2.45, 2.75) is 0 Å². The van der Waals surface area contributed by atoms with Crippen LogP contribution in [0.4, 0.5) is 11.5 Å². The summed E-state index contributed by atoms with van der Waals surface area (Å²) in [4.78, 5) is 19.8. The number of nitrogens with one attached hydrogen (secondary N) is 1. The molecule has 5 nitrogen and oxygen atoms in total. The molecule has 0 atom stereocenters. The molecule has 0 saturated heterocycles. The lowest BCUT2D eigenvalue weighted by molar-refractivity contribution is 1.04. The van der Waals surface area contributed by atoms with Crippen molar-refractivity contribution in [1.29, 1.82) is 5.26 Å². The van der Waals surface area contributed by atoms with Gasteiger partial charge in [0.2, 0.25) is 0 Å². The van der Waals surface area contributed by atoms with E-state index in [0.29, 0.717) is 21.5 Å². The molecule has 2 rings (SSSR count). The summed E-state index contributed by atoms with van der Waals surface area (Å²) in [5, 5.41) is 9.06. The highest BCUT2D eigenvalue weighted by molar-refractivity contribution is 9.10. The van der Waals surface area contributed by atoms with Crippen molar-refractivity contribution in [2.75, 3.05) is 11.9 Å². The first-order valence-corrected chi connectivity index (χ1v) is 5.90. The summed E-state index contributed by atoms with van der Waals surface area (Å²) in [5.74, 6) is 0.460. The molecule has 0 aliphatic rings. The van der Waals surface area contributed by atoms with Crippen LogP contribution in [-0.2, 0) is 0 Å². The van der Waals surface area contributed by atoms with Crippen molar-refractivity contribution >= 4 is 27.4 Å². The maximum absolute atomic E-state index is 11.5. The first-order chi connectivity index (χ1) is 8.65. The Bertz CT molecular complexity index is 674. The number of nitrogens with zero attached hydrogens (tertiary/aromatic N) is 3. The van der Waals surface area contributed by atoms with Crippen LogP contribution in [0.3, 0.4) is 0 Å². The first-order valence-electron chi connectivity index (χ1n) is 5.11. The Morgan fingerprint density at radius 1 is 1.44 bits per heavy atom. The van der Waals surface area contributed by atoms with Gasteiger partial charge in [-0.25, -0.2) is 4.98 Å². The Morgan fingerprint density at radius 3 is 2.89 bits per heavy atom. The number of rotatable bonds is 2. The number of halogens is 1. The summed E-state index contributed by atoms with van der Waals surface area (Å²) in [5.41, 5.74) is 0.953. The fourth-order valence-electron chi connectivity index (χ4n) is 1.58. The van der Waals surface area contributed by atoms with Gasteiger partial charge >= 0.3 is 0 Å². The number of para-hydroxylation sites is 1. The van der Waals surface area contributed by atoms with Gasteiger partial charge in [0.1, 0.15) is 10.5 Å². The molecule has 0 unspecified atom stereocenters. The summed E-state index contributed by atoms with van der Waals surface area (Å²) in [6.45, 7) is 0. The van der Waals surface area contributed by atoms with Gasteiger partial charge in [-0.1, -0.05) is 12.1 Å². The molecule has 0 spiro atoms. The molecule has 1 heterocycles. The number of hydrogen-bond donors (Lipinski definition) is 1. The second kappa shape index (κ2) is 5.02. The molecular formula is C12H9BrN4O. The lowest BCUT2D eigenvalue weighted by Crippen LogP contribution is -2.18. The average molecular weight is 305 g/mol. The van der Waals surface area contributed by atoms with Crippen molar-refractivity contribution in [3.8, 4) is 6.07 Å². The Hall–Kier alpha value is -2.13.